The highest BCUT2D eigenvalue weighted by atomic mass is 19.1. The van der Waals surface area contributed by atoms with Crippen molar-refractivity contribution in [3.63, 3.8) is 0 Å². The summed E-state index contributed by atoms with van der Waals surface area (Å²) in [5, 5.41) is 11.3. The van der Waals surface area contributed by atoms with Gasteiger partial charge >= 0.3 is 5.97 Å². The molecule has 4 nitrogen and oxygen atoms in total. The molecule has 0 aliphatic rings. The number of amides is 1. The molecule has 2 N–H and O–H groups in total. The molecule has 20 heavy (non-hydrogen) atoms. The zero-order chi connectivity index (χ0) is 15.4. The van der Waals surface area contributed by atoms with E-state index in [-0.39, 0.29) is 17.0 Å². The first-order chi connectivity index (χ1) is 9.27. The molecule has 0 spiro atoms. The lowest BCUT2D eigenvalue weighted by Gasteiger charge is -2.20. The third-order valence-electron chi connectivity index (χ3n) is 3.26. The molecule has 1 rings (SSSR count). The van der Waals surface area contributed by atoms with Gasteiger partial charge in [0.25, 0.3) is 5.91 Å². The smallest absolute Gasteiger partial charge is 0.326 e. The average molecular weight is 285 g/mol. The minimum absolute atomic E-state index is 0.118. The van der Waals surface area contributed by atoms with Gasteiger partial charge in [-0.25, -0.2) is 13.6 Å². The summed E-state index contributed by atoms with van der Waals surface area (Å²) in [6, 6.07) is 0.566. The van der Waals surface area contributed by atoms with Crippen LogP contribution in [0.1, 0.15) is 36.2 Å². The van der Waals surface area contributed by atoms with Gasteiger partial charge in [0.15, 0.2) is 0 Å². The molecule has 0 radical (unpaired) electrons. The number of carboxylic acid groups (broad SMARTS) is 1. The van der Waals surface area contributed by atoms with Crippen molar-refractivity contribution in [2.24, 2.45) is 5.92 Å². The number of hydrogen-bond acceptors (Lipinski definition) is 2. The summed E-state index contributed by atoms with van der Waals surface area (Å²) >= 11 is 0. The van der Waals surface area contributed by atoms with Gasteiger partial charge in [0, 0.05) is 6.07 Å². The van der Waals surface area contributed by atoms with Crippen LogP contribution in [0.5, 0.6) is 0 Å². The standard InChI is InChI=1S/C14H17F2NO3/c1-4-7(2)12(14(19)20)17-13(18)9-5-8(3)10(15)6-11(9)16/h5-7,12H,4H2,1-3H3,(H,17,18)(H,19,20). The summed E-state index contributed by atoms with van der Waals surface area (Å²) in [4.78, 5) is 23.0. The predicted molar refractivity (Wildman–Crippen MR) is 69.4 cm³/mol. The molecule has 2 unspecified atom stereocenters. The maximum absolute atomic E-state index is 13.6. The third kappa shape index (κ3) is 3.53. The SMILES string of the molecule is CCC(C)C(NC(=O)c1cc(C)c(F)cc1F)C(=O)O. The molecule has 2 atom stereocenters. The third-order valence-corrected chi connectivity index (χ3v) is 3.26. The van der Waals surface area contributed by atoms with Crippen molar-refractivity contribution in [3.05, 3.63) is 34.9 Å². The first-order valence-electron chi connectivity index (χ1n) is 6.27. The highest BCUT2D eigenvalue weighted by Gasteiger charge is 2.27. The van der Waals surface area contributed by atoms with Gasteiger partial charge in [-0.15, -0.1) is 0 Å². The maximum atomic E-state index is 13.6. The minimum atomic E-state index is -1.19. The van der Waals surface area contributed by atoms with Gasteiger partial charge in [0.05, 0.1) is 5.56 Å². The van der Waals surface area contributed by atoms with Crippen LogP contribution in [0.4, 0.5) is 8.78 Å². The number of hydrogen-bond donors (Lipinski definition) is 2. The Morgan fingerprint density at radius 3 is 2.40 bits per heavy atom. The molecule has 0 fully saturated rings. The molecule has 110 valence electrons. The van der Waals surface area contributed by atoms with Crippen LogP contribution in [0.3, 0.4) is 0 Å². The quantitative estimate of drug-likeness (QED) is 0.873. The van der Waals surface area contributed by atoms with Crippen LogP contribution in [0.2, 0.25) is 0 Å². The number of halogens is 2. The van der Waals surface area contributed by atoms with E-state index < -0.39 is 29.6 Å². The second-order valence-electron chi connectivity index (χ2n) is 4.76. The fourth-order valence-corrected chi connectivity index (χ4v) is 1.73. The molecular weight excluding hydrogens is 268 g/mol. The fourth-order valence-electron chi connectivity index (χ4n) is 1.73. The molecule has 0 saturated heterocycles. The summed E-state index contributed by atoms with van der Waals surface area (Å²) in [7, 11) is 0. The van der Waals surface area contributed by atoms with Gasteiger partial charge in [-0.3, -0.25) is 4.79 Å². The maximum Gasteiger partial charge on any atom is 0.326 e. The molecule has 1 aromatic rings. The number of rotatable bonds is 5. The number of carbonyl (C=O) groups is 2. The lowest BCUT2D eigenvalue weighted by Crippen LogP contribution is -2.45. The van der Waals surface area contributed by atoms with E-state index in [0.717, 1.165) is 6.07 Å². The molecule has 0 heterocycles. The van der Waals surface area contributed by atoms with Crippen molar-refractivity contribution in [2.75, 3.05) is 0 Å². The zero-order valence-corrected chi connectivity index (χ0v) is 11.5. The van der Waals surface area contributed by atoms with Crippen LogP contribution in [-0.4, -0.2) is 23.0 Å². The molecule has 0 aromatic heterocycles. The highest BCUT2D eigenvalue weighted by molar-refractivity contribution is 5.97. The number of aryl methyl sites for hydroxylation is 1. The Hall–Kier alpha value is -1.98. The fraction of sp³-hybridized carbons (Fsp3) is 0.429. The van der Waals surface area contributed by atoms with E-state index in [9.17, 15) is 18.4 Å². The molecule has 6 heteroatoms. The van der Waals surface area contributed by atoms with Crippen molar-refractivity contribution in [2.45, 2.75) is 33.2 Å². The van der Waals surface area contributed by atoms with Crippen molar-refractivity contribution in [3.8, 4) is 0 Å². The Bertz CT molecular complexity index is 531. The van der Waals surface area contributed by atoms with Gasteiger partial charge in [-0.2, -0.15) is 0 Å². The Morgan fingerprint density at radius 1 is 1.30 bits per heavy atom. The Labute approximate surface area is 115 Å². The number of carbonyl (C=O) groups excluding carboxylic acids is 1. The average Bonchev–Trinajstić information content (AvgIpc) is 2.38. The van der Waals surface area contributed by atoms with Crippen LogP contribution in [0, 0.1) is 24.5 Å². The Balaban J connectivity index is 3.01. The topological polar surface area (TPSA) is 66.4 Å². The van der Waals surface area contributed by atoms with E-state index in [1.807, 2.05) is 0 Å². The van der Waals surface area contributed by atoms with E-state index in [0.29, 0.717) is 12.5 Å². The summed E-state index contributed by atoms with van der Waals surface area (Å²) in [6.07, 6.45) is 0.544. The predicted octanol–water partition coefficient (Wildman–Crippen LogP) is 2.50. The van der Waals surface area contributed by atoms with Crippen LogP contribution < -0.4 is 5.32 Å². The molecule has 0 aliphatic heterocycles. The minimum Gasteiger partial charge on any atom is -0.480 e. The second kappa shape index (κ2) is 6.45. The van der Waals surface area contributed by atoms with Gasteiger partial charge < -0.3 is 10.4 Å². The molecule has 1 aromatic carbocycles. The number of aliphatic carboxylic acids is 1. The van der Waals surface area contributed by atoms with Crippen LogP contribution in [-0.2, 0) is 4.79 Å². The van der Waals surface area contributed by atoms with E-state index in [2.05, 4.69) is 5.32 Å². The van der Waals surface area contributed by atoms with Gasteiger partial charge in [0.2, 0.25) is 0 Å². The van der Waals surface area contributed by atoms with Gasteiger partial charge in [0.1, 0.15) is 17.7 Å². The summed E-state index contributed by atoms with van der Waals surface area (Å²) in [5.41, 5.74) is -0.245. The zero-order valence-electron chi connectivity index (χ0n) is 11.5. The van der Waals surface area contributed by atoms with Gasteiger partial charge in [-0.05, 0) is 24.5 Å². The lowest BCUT2D eigenvalue weighted by molar-refractivity contribution is -0.140. The number of benzene rings is 1. The normalized spacial score (nSPS) is 13.7. The monoisotopic (exact) mass is 285 g/mol. The summed E-state index contributed by atoms with van der Waals surface area (Å²) < 4.78 is 26.7. The van der Waals surface area contributed by atoms with E-state index in [1.165, 1.54) is 6.92 Å². The molecule has 0 saturated carbocycles. The number of nitrogens with one attached hydrogen (secondary N) is 1. The van der Waals surface area contributed by atoms with Crippen LogP contribution in [0.25, 0.3) is 0 Å². The number of carboxylic acids is 1. The summed E-state index contributed by atoms with van der Waals surface area (Å²) in [6.45, 7) is 4.86. The Morgan fingerprint density at radius 2 is 1.90 bits per heavy atom. The highest BCUT2D eigenvalue weighted by Crippen LogP contribution is 2.15. The van der Waals surface area contributed by atoms with Gasteiger partial charge in [-0.1, -0.05) is 20.3 Å². The second-order valence-corrected chi connectivity index (χ2v) is 4.76. The van der Waals surface area contributed by atoms with Crippen molar-refractivity contribution in [1.29, 1.82) is 0 Å². The first-order valence-corrected chi connectivity index (χ1v) is 6.27. The van der Waals surface area contributed by atoms with Crippen LogP contribution in [0.15, 0.2) is 12.1 Å². The largest absolute Gasteiger partial charge is 0.480 e. The van der Waals surface area contributed by atoms with Crippen LogP contribution >= 0.6 is 0 Å². The molecule has 1 amide bonds. The van der Waals surface area contributed by atoms with E-state index in [1.54, 1.807) is 13.8 Å². The van der Waals surface area contributed by atoms with Crippen molar-refractivity contribution in [1.82, 2.24) is 5.32 Å². The van der Waals surface area contributed by atoms with E-state index >= 15 is 0 Å². The van der Waals surface area contributed by atoms with Crippen molar-refractivity contribution < 1.29 is 23.5 Å². The molecular formula is C14H17F2NO3. The Kier molecular flexibility index (Phi) is 5.19. The molecule has 0 aliphatic carbocycles. The summed E-state index contributed by atoms with van der Waals surface area (Å²) in [5.74, 6) is -4.12. The van der Waals surface area contributed by atoms with E-state index in [4.69, 9.17) is 5.11 Å². The lowest BCUT2D eigenvalue weighted by atomic mass is 9.98. The van der Waals surface area contributed by atoms with Crippen molar-refractivity contribution >= 4 is 11.9 Å². The first kappa shape index (κ1) is 16.1. The molecule has 0 bridgehead atoms.